The maximum atomic E-state index is 2.39. The van der Waals surface area contributed by atoms with Crippen LogP contribution in [0.2, 0.25) is 0 Å². The molecule has 1 unspecified atom stereocenters. The summed E-state index contributed by atoms with van der Waals surface area (Å²) in [7, 11) is 2.18. The lowest BCUT2D eigenvalue weighted by molar-refractivity contribution is -0.661. The Kier molecular flexibility index (Phi) is 2.87. The van der Waals surface area contributed by atoms with Crippen LogP contribution in [0.3, 0.4) is 0 Å². The quantitative estimate of drug-likeness (QED) is 0.556. The summed E-state index contributed by atoms with van der Waals surface area (Å²) in [6.45, 7) is 7.06. The lowest BCUT2D eigenvalue weighted by Gasteiger charge is -2.40. The van der Waals surface area contributed by atoms with Crippen LogP contribution in [0.15, 0.2) is 54.7 Å². The molecule has 0 saturated heterocycles. The van der Waals surface area contributed by atoms with Gasteiger partial charge in [-0.1, -0.05) is 50.2 Å². The minimum absolute atomic E-state index is 0.0919. The second kappa shape index (κ2) is 4.82. The lowest BCUT2D eigenvalue weighted by Crippen LogP contribution is -2.42. The Morgan fingerprint density at radius 3 is 2.56 bits per heavy atom. The molecule has 1 atom stereocenters. The van der Waals surface area contributed by atoms with Crippen LogP contribution in [0, 0.1) is 12.8 Å². The highest BCUT2D eigenvalue weighted by molar-refractivity contribution is 5.91. The van der Waals surface area contributed by atoms with Crippen molar-refractivity contribution in [1.82, 2.24) is 0 Å². The SMILES string of the molecule is Cc1ccc2c3c1-c1c(ccc[n+]1C)CC3(C(C)C)c1ccccc1-2. The van der Waals surface area contributed by atoms with Crippen LogP contribution >= 0.6 is 0 Å². The fourth-order valence-corrected chi connectivity index (χ4v) is 5.38. The monoisotopic (exact) mass is 326 g/mol. The van der Waals surface area contributed by atoms with E-state index in [1.807, 2.05) is 0 Å². The third-order valence-corrected chi connectivity index (χ3v) is 6.51. The van der Waals surface area contributed by atoms with Gasteiger partial charge in [-0.05, 0) is 53.1 Å². The number of benzene rings is 2. The zero-order valence-electron chi connectivity index (χ0n) is 15.4. The molecule has 2 aromatic carbocycles. The Hall–Kier alpha value is -2.41. The molecule has 0 spiro atoms. The van der Waals surface area contributed by atoms with E-state index in [1.165, 1.54) is 39.1 Å². The van der Waals surface area contributed by atoms with E-state index in [4.69, 9.17) is 0 Å². The Bertz CT molecular complexity index is 1030. The van der Waals surface area contributed by atoms with E-state index < -0.39 is 0 Å². The molecule has 1 aromatic heterocycles. The highest BCUT2D eigenvalue weighted by Gasteiger charge is 2.51. The summed E-state index contributed by atoms with van der Waals surface area (Å²) in [5.74, 6) is 0.550. The number of rotatable bonds is 1. The molecule has 2 aliphatic carbocycles. The van der Waals surface area contributed by atoms with Crippen LogP contribution in [-0.2, 0) is 18.9 Å². The van der Waals surface area contributed by atoms with Crippen molar-refractivity contribution < 1.29 is 4.57 Å². The Morgan fingerprint density at radius 2 is 1.76 bits per heavy atom. The molecule has 1 heteroatoms. The predicted molar refractivity (Wildman–Crippen MR) is 103 cm³/mol. The van der Waals surface area contributed by atoms with Gasteiger partial charge >= 0.3 is 0 Å². The van der Waals surface area contributed by atoms with E-state index in [2.05, 4.69) is 87.1 Å². The number of aromatic nitrogens is 1. The largest absolute Gasteiger partial charge is 0.216 e. The standard InChI is InChI=1S/C24H24N/c1-15(2)24-14-17-8-7-13-25(4)23(17)21-16(3)11-12-19(22(21)24)18-9-5-6-10-20(18)24/h5-13,15H,14H2,1-4H3/q+1. The molecular formula is C24H24N+. The molecule has 25 heavy (non-hydrogen) atoms. The summed E-state index contributed by atoms with van der Waals surface area (Å²) in [5.41, 5.74) is 11.8. The van der Waals surface area contributed by atoms with Crippen LogP contribution < -0.4 is 4.57 Å². The Balaban J connectivity index is 2.01. The van der Waals surface area contributed by atoms with Crippen molar-refractivity contribution in [2.75, 3.05) is 0 Å². The zero-order chi connectivity index (χ0) is 17.3. The van der Waals surface area contributed by atoms with Gasteiger partial charge in [-0.15, -0.1) is 0 Å². The molecule has 5 rings (SSSR count). The van der Waals surface area contributed by atoms with Gasteiger partial charge in [-0.2, -0.15) is 0 Å². The van der Waals surface area contributed by atoms with E-state index in [0.717, 1.165) is 6.42 Å². The summed E-state index contributed by atoms with van der Waals surface area (Å²) in [6, 6.07) is 18.3. The first-order chi connectivity index (χ1) is 12.1. The van der Waals surface area contributed by atoms with Crippen molar-refractivity contribution in [1.29, 1.82) is 0 Å². The topological polar surface area (TPSA) is 3.88 Å². The zero-order valence-corrected chi connectivity index (χ0v) is 15.4. The lowest BCUT2D eigenvalue weighted by atomic mass is 9.61. The predicted octanol–water partition coefficient (Wildman–Crippen LogP) is 4.97. The molecule has 0 saturated carbocycles. The molecule has 1 heterocycles. The van der Waals surface area contributed by atoms with Gasteiger partial charge in [0.25, 0.3) is 0 Å². The van der Waals surface area contributed by atoms with Crippen molar-refractivity contribution >= 4 is 0 Å². The number of aryl methyl sites for hydroxylation is 2. The highest BCUT2D eigenvalue weighted by Crippen LogP contribution is 2.60. The average molecular weight is 326 g/mol. The van der Waals surface area contributed by atoms with Crippen LogP contribution in [0.4, 0.5) is 0 Å². The fourth-order valence-electron chi connectivity index (χ4n) is 5.38. The van der Waals surface area contributed by atoms with Crippen LogP contribution in [0.25, 0.3) is 22.4 Å². The molecule has 0 radical (unpaired) electrons. The molecule has 0 amide bonds. The third-order valence-electron chi connectivity index (χ3n) is 6.51. The first-order valence-electron chi connectivity index (χ1n) is 9.27. The van der Waals surface area contributed by atoms with Gasteiger partial charge in [0, 0.05) is 17.0 Å². The Morgan fingerprint density at radius 1 is 0.960 bits per heavy atom. The van der Waals surface area contributed by atoms with Crippen molar-refractivity contribution in [2.24, 2.45) is 13.0 Å². The number of hydrogen-bond donors (Lipinski definition) is 0. The number of pyridine rings is 1. The second-order valence-electron chi connectivity index (χ2n) is 8.02. The first kappa shape index (κ1) is 14.9. The van der Waals surface area contributed by atoms with Gasteiger partial charge in [0.2, 0.25) is 5.69 Å². The first-order valence-corrected chi connectivity index (χ1v) is 9.27. The molecule has 0 bridgehead atoms. The number of fused-ring (bicyclic) bond motifs is 5. The van der Waals surface area contributed by atoms with Crippen LogP contribution in [-0.4, -0.2) is 0 Å². The summed E-state index contributed by atoms with van der Waals surface area (Å²) in [6.07, 6.45) is 3.28. The van der Waals surface area contributed by atoms with Crippen LogP contribution in [0.5, 0.6) is 0 Å². The fraction of sp³-hybridized carbons (Fsp3) is 0.292. The van der Waals surface area contributed by atoms with Gasteiger partial charge in [-0.3, -0.25) is 0 Å². The van der Waals surface area contributed by atoms with Gasteiger partial charge < -0.3 is 0 Å². The smallest absolute Gasteiger partial charge is 0.201 e. The number of hydrogen-bond acceptors (Lipinski definition) is 0. The summed E-state index contributed by atoms with van der Waals surface area (Å²) >= 11 is 0. The number of nitrogens with zero attached hydrogens (tertiary/aromatic N) is 1. The summed E-state index contributed by atoms with van der Waals surface area (Å²) in [4.78, 5) is 0. The van der Waals surface area contributed by atoms with E-state index in [1.54, 1.807) is 5.56 Å². The molecule has 3 aromatic rings. The maximum absolute atomic E-state index is 2.39. The normalized spacial score (nSPS) is 19.6. The van der Waals surface area contributed by atoms with Crippen molar-refractivity contribution in [2.45, 2.75) is 32.6 Å². The van der Waals surface area contributed by atoms with E-state index in [-0.39, 0.29) is 5.41 Å². The van der Waals surface area contributed by atoms with Gasteiger partial charge in [-0.25, -0.2) is 4.57 Å². The maximum Gasteiger partial charge on any atom is 0.216 e. The van der Waals surface area contributed by atoms with Crippen molar-refractivity contribution in [3.05, 3.63) is 77.0 Å². The summed E-state index contributed by atoms with van der Waals surface area (Å²) in [5, 5.41) is 0. The van der Waals surface area contributed by atoms with Crippen molar-refractivity contribution in [3.8, 4) is 22.4 Å². The third kappa shape index (κ3) is 1.66. The molecule has 2 aliphatic rings. The molecule has 0 N–H and O–H groups in total. The molecular weight excluding hydrogens is 302 g/mol. The average Bonchev–Trinajstić information content (AvgIpc) is 2.90. The van der Waals surface area contributed by atoms with Crippen LogP contribution in [0.1, 0.15) is 36.1 Å². The second-order valence-corrected chi connectivity index (χ2v) is 8.02. The highest BCUT2D eigenvalue weighted by atomic mass is 14.9. The van der Waals surface area contributed by atoms with Crippen molar-refractivity contribution in [3.63, 3.8) is 0 Å². The summed E-state index contributed by atoms with van der Waals surface area (Å²) < 4.78 is 2.31. The van der Waals surface area contributed by atoms with Gasteiger partial charge in [0.15, 0.2) is 6.20 Å². The van der Waals surface area contributed by atoms with E-state index in [9.17, 15) is 0 Å². The van der Waals surface area contributed by atoms with Gasteiger partial charge in [0.05, 0.1) is 5.56 Å². The Labute approximate surface area is 150 Å². The van der Waals surface area contributed by atoms with E-state index in [0.29, 0.717) is 5.92 Å². The minimum Gasteiger partial charge on any atom is -0.201 e. The molecule has 1 nitrogen and oxygen atoms in total. The minimum atomic E-state index is 0.0919. The molecule has 0 aliphatic heterocycles. The molecule has 0 fully saturated rings. The van der Waals surface area contributed by atoms with E-state index >= 15 is 0 Å². The molecule has 124 valence electrons. The van der Waals surface area contributed by atoms with Gasteiger partial charge in [0.1, 0.15) is 7.05 Å².